The molecule has 2 unspecified atom stereocenters. The van der Waals surface area contributed by atoms with Gasteiger partial charge < -0.3 is 25.4 Å². The zero-order valence-electron chi connectivity index (χ0n) is 23.7. The van der Waals surface area contributed by atoms with Gasteiger partial charge in [-0.25, -0.2) is 0 Å². The number of aliphatic hydroxyl groups is 1. The maximum atomic E-state index is 14.3. The molecule has 3 aliphatic heterocycles. The van der Waals surface area contributed by atoms with Crippen molar-refractivity contribution in [1.82, 2.24) is 10.2 Å². The van der Waals surface area contributed by atoms with Gasteiger partial charge in [-0.05, 0) is 84.1 Å². The number of hydrogen-bond acceptors (Lipinski definition) is 6. The second-order valence-electron chi connectivity index (χ2n) is 12.6. The molecule has 2 bridgehead atoms. The summed E-state index contributed by atoms with van der Waals surface area (Å²) in [6, 6.07) is 5.99. The summed E-state index contributed by atoms with van der Waals surface area (Å²) in [7, 11) is 0. The third kappa shape index (κ3) is 5.04. The molecular weight excluding hydrogens is 502 g/mol. The van der Waals surface area contributed by atoms with Crippen molar-refractivity contribution in [2.75, 3.05) is 18.5 Å². The minimum atomic E-state index is -0.745. The molecule has 1 aromatic rings. The Balaban J connectivity index is 1.71. The summed E-state index contributed by atoms with van der Waals surface area (Å²) in [5, 5.41) is 16.5. The van der Waals surface area contributed by atoms with Crippen LogP contribution in [0.3, 0.4) is 0 Å². The molecule has 8 nitrogen and oxygen atoms in total. The normalized spacial score (nSPS) is 30.9. The Kier molecular flexibility index (Phi) is 7.85. The van der Waals surface area contributed by atoms with Gasteiger partial charge >= 0.3 is 0 Å². The summed E-state index contributed by atoms with van der Waals surface area (Å²) >= 11 is 1.64. The van der Waals surface area contributed by atoms with Crippen LogP contribution in [0, 0.1) is 17.8 Å². The molecule has 210 valence electrons. The smallest absolute Gasteiger partial charge is 0.244 e. The molecule has 3 aliphatic rings. The van der Waals surface area contributed by atoms with E-state index < -0.39 is 39.0 Å². The number of nitrogens with zero attached hydrogens (tertiary/aromatic N) is 1. The molecule has 3 heterocycles. The van der Waals surface area contributed by atoms with E-state index in [1.165, 1.54) is 0 Å². The zero-order valence-corrected chi connectivity index (χ0v) is 24.5. The van der Waals surface area contributed by atoms with Gasteiger partial charge in [0.15, 0.2) is 0 Å². The molecule has 0 radical (unpaired) electrons. The number of carbonyl (C=O) groups is 3. The van der Waals surface area contributed by atoms with E-state index in [4.69, 9.17) is 4.74 Å². The first-order valence-electron chi connectivity index (χ1n) is 13.8. The molecule has 3 N–H and O–H groups in total. The lowest BCUT2D eigenvalue weighted by Gasteiger charge is -2.39. The minimum Gasteiger partial charge on any atom is -0.494 e. The van der Waals surface area contributed by atoms with Crippen molar-refractivity contribution in [3.8, 4) is 5.75 Å². The highest BCUT2D eigenvalue weighted by atomic mass is 32.2. The second-order valence-corrected chi connectivity index (χ2v) is 14.5. The summed E-state index contributed by atoms with van der Waals surface area (Å²) in [6.07, 6.45) is 2.00. The molecule has 3 amide bonds. The van der Waals surface area contributed by atoms with Crippen molar-refractivity contribution in [2.45, 2.75) is 94.8 Å². The molecule has 1 aromatic carbocycles. The first kappa shape index (κ1) is 28.7. The van der Waals surface area contributed by atoms with Gasteiger partial charge in [-0.15, -0.1) is 11.8 Å². The predicted octanol–water partition coefficient (Wildman–Crippen LogP) is 3.83. The molecule has 6 atom stereocenters. The Bertz CT molecular complexity index is 1070. The number of rotatable bonds is 9. The zero-order chi connectivity index (χ0) is 28.0. The number of nitrogens with one attached hydrogen (secondary N) is 2. The fraction of sp³-hybridized carbons (Fsp3) is 0.690. The highest BCUT2D eigenvalue weighted by Crippen LogP contribution is 2.71. The van der Waals surface area contributed by atoms with E-state index >= 15 is 0 Å². The number of anilines is 1. The highest BCUT2D eigenvalue weighted by molar-refractivity contribution is 8.02. The van der Waals surface area contributed by atoms with E-state index in [2.05, 4.69) is 17.6 Å². The Morgan fingerprint density at radius 2 is 1.84 bits per heavy atom. The molecule has 38 heavy (non-hydrogen) atoms. The van der Waals surface area contributed by atoms with Crippen molar-refractivity contribution in [3.63, 3.8) is 0 Å². The van der Waals surface area contributed by atoms with Crippen LogP contribution in [0.5, 0.6) is 5.75 Å². The SMILES string of the molecule is CCOc1ccc(NC(=O)[C@H]2[C@H]3C(=O)N([C@@H](CO)CC(C)C)C(C(=O)NC(C)(C)C)C34CC[C@]2(C)S4)cc1. The van der Waals surface area contributed by atoms with E-state index in [-0.39, 0.29) is 30.2 Å². The Labute approximate surface area is 230 Å². The van der Waals surface area contributed by atoms with E-state index in [1.807, 2.05) is 53.7 Å². The fourth-order valence-corrected chi connectivity index (χ4v) is 9.08. The second kappa shape index (κ2) is 10.4. The van der Waals surface area contributed by atoms with Gasteiger partial charge in [-0.3, -0.25) is 14.4 Å². The van der Waals surface area contributed by atoms with Crippen molar-refractivity contribution < 1.29 is 24.2 Å². The first-order valence-corrected chi connectivity index (χ1v) is 14.6. The Hall–Kier alpha value is -2.26. The van der Waals surface area contributed by atoms with Gasteiger partial charge in [0.05, 0.1) is 35.8 Å². The Morgan fingerprint density at radius 3 is 2.39 bits per heavy atom. The standard InChI is InChI=1S/C29H43N3O5S/c1-8-37-20-11-9-18(10-12-20)30-24(34)21-22-26(36)32(19(16-33)15-17(2)3)23(25(35)31-27(4,5)6)29(22)14-13-28(21,7)38-29/h9-12,17,19,21-23,33H,8,13-16H2,1-7H3,(H,30,34)(H,31,35)/t19-,21-,22+,23?,28+,29?/m1/s1. The van der Waals surface area contributed by atoms with Gasteiger partial charge in [-0.1, -0.05) is 13.8 Å². The maximum Gasteiger partial charge on any atom is 0.244 e. The van der Waals surface area contributed by atoms with Crippen molar-refractivity contribution in [1.29, 1.82) is 0 Å². The Morgan fingerprint density at radius 1 is 1.18 bits per heavy atom. The van der Waals surface area contributed by atoms with E-state index in [0.717, 1.165) is 12.2 Å². The van der Waals surface area contributed by atoms with Gasteiger partial charge in [0.1, 0.15) is 11.8 Å². The number of benzene rings is 1. The maximum absolute atomic E-state index is 14.3. The summed E-state index contributed by atoms with van der Waals surface area (Å²) in [5.41, 5.74) is 0.157. The molecular formula is C29H43N3O5S. The molecule has 0 saturated carbocycles. The lowest BCUT2D eigenvalue weighted by atomic mass is 9.66. The number of likely N-dealkylation sites (tertiary alicyclic amines) is 1. The minimum absolute atomic E-state index is 0.193. The van der Waals surface area contributed by atoms with Crippen LogP contribution in [-0.4, -0.2) is 68.1 Å². The molecule has 3 fully saturated rings. The third-order valence-electron chi connectivity index (χ3n) is 8.02. The molecule has 0 aromatic heterocycles. The van der Waals surface area contributed by atoms with E-state index in [0.29, 0.717) is 25.1 Å². The summed E-state index contributed by atoms with van der Waals surface area (Å²) in [4.78, 5) is 43.7. The number of ether oxygens (including phenoxy) is 1. The monoisotopic (exact) mass is 545 g/mol. The van der Waals surface area contributed by atoms with Crippen LogP contribution in [0.25, 0.3) is 0 Å². The van der Waals surface area contributed by atoms with Crippen LogP contribution in [-0.2, 0) is 14.4 Å². The molecule has 3 saturated heterocycles. The topological polar surface area (TPSA) is 108 Å². The number of carbonyl (C=O) groups excluding carboxylic acids is 3. The number of amides is 3. The van der Waals surface area contributed by atoms with Crippen molar-refractivity contribution in [3.05, 3.63) is 24.3 Å². The van der Waals surface area contributed by atoms with Crippen LogP contribution in [0.15, 0.2) is 24.3 Å². The van der Waals surface area contributed by atoms with Gasteiger partial charge in [-0.2, -0.15) is 0 Å². The quantitative estimate of drug-likeness (QED) is 0.435. The lowest BCUT2D eigenvalue weighted by molar-refractivity contribution is -0.143. The number of aliphatic hydroxyl groups excluding tert-OH is 1. The molecule has 1 spiro atoms. The van der Waals surface area contributed by atoms with Crippen LogP contribution >= 0.6 is 11.8 Å². The van der Waals surface area contributed by atoms with E-state index in [9.17, 15) is 19.5 Å². The lowest BCUT2D eigenvalue weighted by Crippen LogP contribution is -2.59. The average molecular weight is 546 g/mol. The molecule has 0 aliphatic carbocycles. The number of hydrogen-bond donors (Lipinski definition) is 3. The largest absolute Gasteiger partial charge is 0.494 e. The molecule has 9 heteroatoms. The van der Waals surface area contributed by atoms with Gasteiger partial charge in [0, 0.05) is 16.0 Å². The fourth-order valence-electron chi connectivity index (χ4n) is 6.74. The van der Waals surface area contributed by atoms with Gasteiger partial charge in [0.25, 0.3) is 0 Å². The summed E-state index contributed by atoms with van der Waals surface area (Å²) < 4.78 is 4.33. The average Bonchev–Trinajstić information content (AvgIpc) is 3.38. The summed E-state index contributed by atoms with van der Waals surface area (Å²) in [5.74, 6) is -0.878. The molecule has 4 rings (SSSR count). The van der Waals surface area contributed by atoms with Crippen LogP contribution in [0.2, 0.25) is 0 Å². The van der Waals surface area contributed by atoms with Crippen LogP contribution in [0.1, 0.15) is 67.7 Å². The van der Waals surface area contributed by atoms with Gasteiger partial charge in [0.2, 0.25) is 17.7 Å². The third-order valence-corrected chi connectivity index (χ3v) is 10.0. The summed E-state index contributed by atoms with van der Waals surface area (Å²) in [6.45, 7) is 14.2. The van der Waals surface area contributed by atoms with Crippen molar-refractivity contribution in [2.24, 2.45) is 17.8 Å². The highest BCUT2D eigenvalue weighted by Gasteiger charge is 2.77. The first-order chi connectivity index (χ1) is 17.8. The number of thioether (sulfide) groups is 1. The van der Waals surface area contributed by atoms with Crippen molar-refractivity contribution >= 4 is 35.2 Å². The van der Waals surface area contributed by atoms with Crippen LogP contribution < -0.4 is 15.4 Å². The van der Waals surface area contributed by atoms with E-state index in [1.54, 1.807) is 28.8 Å². The predicted molar refractivity (Wildman–Crippen MR) is 150 cm³/mol. The number of fused-ring (bicyclic) bond motifs is 1. The van der Waals surface area contributed by atoms with Crippen LogP contribution in [0.4, 0.5) is 5.69 Å².